The van der Waals surface area contributed by atoms with Gasteiger partial charge in [0.1, 0.15) is 0 Å². The minimum Gasteiger partial charge on any atom is -0.376 e. The average molecular weight is 418 g/mol. The van der Waals surface area contributed by atoms with E-state index in [1.807, 2.05) is 35.2 Å². The van der Waals surface area contributed by atoms with E-state index in [2.05, 4.69) is 5.32 Å². The fourth-order valence-electron chi connectivity index (χ4n) is 3.90. The predicted octanol–water partition coefficient (Wildman–Crippen LogP) is 1.44. The van der Waals surface area contributed by atoms with E-state index in [0.717, 1.165) is 30.2 Å². The minimum atomic E-state index is -3.54. The Morgan fingerprint density at radius 3 is 2.55 bits per heavy atom. The molecule has 0 aromatic heterocycles. The van der Waals surface area contributed by atoms with E-state index in [4.69, 9.17) is 4.74 Å². The Hall–Kier alpha value is -2.00. The lowest BCUT2D eigenvalue weighted by atomic mass is 10.1. The molecular weight excluding hydrogens is 390 g/mol. The molecule has 0 spiro atoms. The zero-order chi connectivity index (χ0) is 20.3. The first kappa shape index (κ1) is 20.3. The van der Waals surface area contributed by atoms with Gasteiger partial charge >= 0.3 is 0 Å². The van der Waals surface area contributed by atoms with Crippen LogP contribution < -0.4 is 5.32 Å². The zero-order valence-corrected chi connectivity index (χ0v) is 17.2. The molecule has 2 aliphatic rings. The van der Waals surface area contributed by atoms with Crippen molar-refractivity contribution in [2.45, 2.75) is 23.8 Å². The van der Waals surface area contributed by atoms with Crippen LogP contribution in [0.1, 0.15) is 12.8 Å². The highest BCUT2D eigenvalue weighted by atomic mass is 32.2. The van der Waals surface area contributed by atoms with Gasteiger partial charge in [-0.25, -0.2) is 8.42 Å². The number of nitrogens with zero attached hydrogens (tertiary/aromatic N) is 2. The van der Waals surface area contributed by atoms with Gasteiger partial charge in [0, 0.05) is 39.3 Å². The lowest BCUT2D eigenvalue weighted by molar-refractivity contribution is -0.123. The van der Waals surface area contributed by atoms with Gasteiger partial charge in [0.15, 0.2) is 0 Å². The number of ether oxygens (including phenoxy) is 1. The quantitative estimate of drug-likeness (QED) is 0.770. The first-order chi connectivity index (χ1) is 14.0. The van der Waals surface area contributed by atoms with Crippen LogP contribution in [0.4, 0.5) is 0 Å². The molecule has 2 aromatic carbocycles. The number of sulfonamides is 1. The number of hydrogen-bond acceptors (Lipinski definition) is 5. The summed E-state index contributed by atoms with van der Waals surface area (Å²) >= 11 is 0. The average Bonchev–Trinajstić information content (AvgIpc) is 3.26. The molecule has 0 bridgehead atoms. The van der Waals surface area contributed by atoms with Crippen LogP contribution in [0.25, 0.3) is 10.8 Å². The molecule has 0 unspecified atom stereocenters. The van der Waals surface area contributed by atoms with Crippen molar-refractivity contribution in [3.63, 3.8) is 0 Å². The number of carbonyl (C=O) groups is 1. The molecule has 1 N–H and O–H groups in total. The third-order valence-electron chi connectivity index (χ3n) is 5.61. The first-order valence-electron chi connectivity index (χ1n) is 10.1. The van der Waals surface area contributed by atoms with Gasteiger partial charge < -0.3 is 10.1 Å². The summed E-state index contributed by atoms with van der Waals surface area (Å²) in [7, 11) is -3.54. The number of fused-ring (bicyclic) bond motifs is 1. The van der Waals surface area contributed by atoms with E-state index in [1.54, 1.807) is 12.1 Å². The number of amides is 1. The van der Waals surface area contributed by atoms with Crippen LogP contribution in [0, 0.1) is 0 Å². The molecule has 7 nitrogen and oxygen atoms in total. The number of benzene rings is 2. The molecule has 156 valence electrons. The lowest BCUT2D eigenvalue weighted by Crippen LogP contribution is -2.51. The highest BCUT2D eigenvalue weighted by Crippen LogP contribution is 2.22. The topological polar surface area (TPSA) is 79.0 Å². The molecular formula is C21H27N3O4S. The summed E-state index contributed by atoms with van der Waals surface area (Å²) in [6.07, 6.45) is 2.17. The van der Waals surface area contributed by atoms with Crippen molar-refractivity contribution in [1.82, 2.24) is 14.5 Å². The predicted molar refractivity (Wildman–Crippen MR) is 111 cm³/mol. The molecule has 2 saturated heterocycles. The third kappa shape index (κ3) is 4.78. The van der Waals surface area contributed by atoms with Crippen molar-refractivity contribution in [3.05, 3.63) is 42.5 Å². The SMILES string of the molecule is O=C(CN1CCN(S(=O)(=O)c2ccc3ccccc3c2)CC1)NC[C@H]1CCCO1. The molecule has 2 heterocycles. The molecule has 2 fully saturated rings. The maximum Gasteiger partial charge on any atom is 0.243 e. The summed E-state index contributed by atoms with van der Waals surface area (Å²) < 4.78 is 33.1. The smallest absolute Gasteiger partial charge is 0.243 e. The highest BCUT2D eigenvalue weighted by Gasteiger charge is 2.29. The Balaban J connectivity index is 1.31. The molecule has 29 heavy (non-hydrogen) atoms. The van der Waals surface area contributed by atoms with Gasteiger partial charge in [-0.2, -0.15) is 4.31 Å². The lowest BCUT2D eigenvalue weighted by Gasteiger charge is -2.33. The van der Waals surface area contributed by atoms with Crippen LogP contribution in [0.15, 0.2) is 47.4 Å². The number of carbonyl (C=O) groups excluding carboxylic acids is 1. The van der Waals surface area contributed by atoms with E-state index in [-0.39, 0.29) is 18.6 Å². The van der Waals surface area contributed by atoms with E-state index < -0.39 is 10.0 Å². The number of rotatable bonds is 6. The van der Waals surface area contributed by atoms with Gasteiger partial charge in [0.05, 0.1) is 17.5 Å². The molecule has 0 saturated carbocycles. The van der Waals surface area contributed by atoms with Crippen molar-refractivity contribution >= 4 is 26.7 Å². The van der Waals surface area contributed by atoms with Gasteiger partial charge in [0.25, 0.3) is 0 Å². The van der Waals surface area contributed by atoms with Gasteiger partial charge in [-0.1, -0.05) is 30.3 Å². The first-order valence-corrected chi connectivity index (χ1v) is 11.6. The molecule has 1 atom stereocenters. The largest absolute Gasteiger partial charge is 0.376 e. The summed E-state index contributed by atoms with van der Waals surface area (Å²) in [5.41, 5.74) is 0. The molecule has 1 amide bonds. The molecule has 2 aromatic rings. The Morgan fingerprint density at radius 2 is 1.83 bits per heavy atom. The van der Waals surface area contributed by atoms with E-state index in [9.17, 15) is 13.2 Å². The van der Waals surface area contributed by atoms with Crippen LogP contribution in [0.2, 0.25) is 0 Å². The second-order valence-electron chi connectivity index (χ2n) is 7.63. The van der Waals surface area contributed by atoms with Gasteiger partial charge in [0.2, 0.25) is 15.9 Å². The Kier molecular flexibility index (Phi) is 6.15. The second kappa shape index (κ2) is 8.79. The van der Waals surface area contributed by atoms with Crippen molar-refractivity contribution in [1.29, 1.82) is 0 Å². The van der Waals surface area contributed by atoms with E-state index >= 15 is 0 Å². The monoisotopic (exact) mass is 417 g/mol. The fourth-order valence-corrected chi connectivity index (χ4v) is 5.35. The van der Waals surface area contributed by atoms with E-state index in [0.29, 0.717) is 37.6 Å². The van der Waals surface area contributed by atoms with Crippen LogP contribution in [-0.4, -0.2) is 75.5 Å². The van der Waals surface area contributed by atoms with Crippen LogP contribution in [0.3, 0.4) is 0 Å². The second-order valence-corrected chi connectivity index (χ2v) is 9.57. The maximum atomic E-state index is 13.0. The van der Waals surface area contributed by atoms with Crippen LogP contribution in [0.5, 0.6) is 0 Å². The standard InChI is InChI=1S/C21H27N3O4S/c25-21(22-15-19-6-3-13-28-19)16-23-9-11-24(12-10-23)29(26,27)20-8-7-17-4-1-2-5-18(17)14-20/h1-2,4-5,7-8,14,19H,3,6,9-13,15-16H2,(H,22,25)/t19-/m1/s1. The molecule has 2 aliphatic heterocycles. The normalized spacial score (nSPS) is 21.4. The van der Waals surface area contributed by atoms with Crippen molar-refractivity contribution < 1.29 is 17.9 Å². The van der Waals surface area contributed by atoms with Crippen molar-refractivity contribution in [2.24, 2.45) is 0 Å². The highest BCUT2D eigenvalue weighted by molar-refractivity contribution is 7.89. The third-order valence-corrected chi connectivity index (χ3v) is 7.50. The summed E-state index contributed by atoms with van der Waals surface area (Å²) in [4.78, 5) is 14.5. The van der Waals surface area contributed by atoms with E-state index in [1.165, 1.54) is 4.31 Å². The summed E-state index contributed by atoms with van der Waals surface area (Å²) in [6.45, 7) is 3.46. The number of nitrogens with one attached hydrogen (secondary N) is 1. The van der Waals surface area contributed by atoms with Crippen molar-refractivity contribution in [2.75, 3.05) is 45.9 Å². The summed E-state index contributed by atoms with van der Waals surface area (Å²) in [5.74, 6) is -0.0358. The zero-order valence-electron chi connectivity index (χ0n) is 16.4. The Labute approximate surface area is 171 Å². The maximum absolute atomic E-state index is 13.0. The molecule has 0 radical (unpaired) electrons. The minimum absolute atomic E-state index is 0.0358. The Bertz CT molecular complexity index is 965. The number of piperazine rings is 1. The van der Waals surface area contributed by atoms with Crippen LogP contribution >= 0.6 is 0 Å². The van der Waals surface area contributed by atoms with Crippen molar-refractivity contribution in [3.8, 4) is 0 Å². The fraction of sp³-hybridized carbons (Fsp3) is 0.476. The van der Waals surface area contributed by atoms with Crippen LogP contribution in [-0.2, 0) is 19.6 Å². The molecule has 4 rings (SSSR count). The summed E-state index contributed by atoms with van der Waals surface area (Å²) in [6, 6.07) is 13.0. The molecule has 8 heteroatoms. The van der Waals surface area contributed by atoms with Gasteiger partial charge in [-0.05, 0) is 35.7 Å². The summed E-state index contributed by atoms with van der Waals surface area (Å²) in [5, 5.41) is 4.85. The van der Waals surface area contributed by atoms with Gasteiger partial charge in [-0.15, -0.1) is 0 Å². The molecule has 0 aliphatic carbocycles. The Morgan fingerprint density at radius 1 is 1.07 bits per heavy atom. The number of hydrogen-bond donors (Lipinski definition) is 1. The van der Waals surface area contributed by atoms with Gasteiger partial charge in [-0.3, -0.25) is 9.69 Å².